The van der Waals surface area contributed by atoms with E-state index in [-0.39, 0.29) is 6.35 Å². The van der Waals surface area contributed by atoms with Crippen molar-refractivity contribution in [3.63, 3.8) is 0 Å². The average molecular weight is 140 g/mol. The van der Waals surface area contributed by atoms with E-state index in [0.717, 1.165) is 12.2 Å². The van der Waals surface area contributed by atoms with E-state index in [9.17, 15) is 0 Å². The van der Waals surface area contributed by atoms with Gasteiger partial charge in [0.2, 0.25) is 6.35 Å². The minimum absolute atomic E-state index is 0.269. The van der Waals surface area contributed by atoms with Gasteiger partial charge in [0.05, 0.1) is 6.04 Å². The van der Waals surface area contributed by atoms with E-state index in [1.165, 1.54) is 12.8 Å². The molecule has 2 unspecified atom stereocenters. The first-order valence-electron chi connectivity index (χ1n) is 3.74. The Bertz CT molecular complexity index is 167. The second-order valence-electron chi connectivity index (χ2n) is 2.80. The molecule has 3 nitrogen and oxygen atoms in total. The predicted molar refractivity (Wildman–Crippen MR) is 37.9 cm³/mol. The molecule has 2 rings (SSSR count). The maximum absolute atomic E-state index is 5.52. The highest BCUT2D eigenvalue weighted by molar-refractivity contribution is 5.10. The summed E-state index contributed by atoms with van der Waals surface area (Å²) in [7, 11) is 0. The summed E-state index contributed by atoms with van der Waals surface area (Å²) < 4.78 is 5.29. The number of allylic oxidation sites excluding steroid dienone is 1. The van der Waals surface area contributed by atoms with Crippen molar-refractivity contribution >= 4 is 0 Å². The van der Waals surface area contributed by atoms with E-state index in [0.29, 0.717) is 6.04 Å². The average Bonchev–Trinajstić information content (AvgIpc) is 2.27. The number of ether oxygens (including phenoxy) is 1. The van der Waals surface area contributed by atoms with E-state index >= 15 is 0 Å². The first kappa shape index (κ1) is 6.19. The summed E-state index contributed by atoms with van der Waals surface area (Å²) in [6, 6.07) is 0.406. The fourth-order valence-electron chi connectivity index (χ4n) is 1.53. The predicted octanol–water partition coefficient (Wildman–Crippen LogP) is 0.285. The molecule has 0 aromatic carbocycles. The molecule has 1 heterocycles. The zero-order chi connectivity index (χ0) is 6.97. The van der Waals surface area contributed by atoms with Gasteiger partial charge < -0.3 is 4.74 Å². The molecule has 2 aliphatic rings. The van der Waals surface area contributed by atoms with Gasteiger partial charge in [-0.1, -0.05) is 0 Å². The van der Waals surface area contributed by atoms with Gasteiger partial charge in [-0.25, -0.2) is 0 Å². The number of fused-ring (bicyclic) bond motifs is 1. The Morgan fingerprint density at radius 2 is 2.60 bits per heavy atom. The van der Waals surface area contributed by atoms with Gasteiger partial charge in [-0.15, -0.1) is 0 Å². The molecule has 0 radical (unpaired) electrons. The van der Waals surface area contributed by atoms with Crippen molar-refractivity contribution in [3.8, 4) is 0 Å². The van der Waals surface area contributed by atoms with Crippen LogP contribution in [0.25, 0.3) is 0 Å². The van der Waals surface area contributed by atoms with Crippen LogP contribution in [0.15, 0.2) is 11.8 Å². The number of rotatable bonds is 0. The quantitative estimate of drug-likeness (QED) is 0.508. The van der Waals surface area contributed by atoms with E-state index in [4.69, 9.17) is 10.5 Å². The Hall–Kier alpha value is -0.540. The van der Waals surface area contributed by atoms with Gasteiger partial charge in [-0.2, -0.15) is 0 Å². The Morgan fingerprint density at radius 3 is 3.40 bits per heavy atom. The summed E-state index contributed by atoms with van der Waals surface area (Å²) in [6.45, 7) is 0. The first-order valence-corrected chi connectivity index (χ1v) is 3.74. The summed E-state index contributed by atoms with van der Waals surface area (Å²) in [5.74, 6) is 1.05. The topological polar surface area (TPSA) is 47.3 Å². The van der Waals surface area contributed by atoms with Crippen molar-refractivity contribution in [3.05, 3.63) is 11.8 Å². The van der Waals surface area contributed by atoms with Gasteiger partial charge in [-0.3, -0.25) is 11.1 Å². The van der Waals surface area contributed by atoms with Crippen LogP contribution in [0.3, 0.4) is 0 Å². The van der Waals surface area contributed by atoms with E-state index in [2.05, 4.69) is 11.4 Å². The van der Waals surface area contributed by atoms with Crippen molar-refractivity contribution in [1.82, 2.24) is 5.32 Å². The monoisotopic (exact) mass is 140 g/mol. The lowest BCUT2D eigenvalue weighted by atomic mass is 10.0. The van der Waals surface area contributed by atoms with Crippen LogP contribution in [-0.4, -0.2) is 12.4 Å². The molecule has 3 heteroatoms. The molecule has 0 amide bonds. The summed E-state index contributed by atoms with van der Waals surface area (Å²) >= 11 is 0. The molecule has 10 heavy (non-hydrogen) atoms. The molecule has 0 spiro atoms. The van der Waals surface area contributed by atoms with Crippen LogP contribution in [-0.2, 0) is 4.74 Å². The van der Waals surface area contributed by atoms with Gasteiger partial charge >= 0.3 is 0 Å². The van der Waals surface area contributed by atoms with Crippen molar-refractivity contribution in [2.24, 2.45) is 5.73 Å². The molecule has 3 N–H and O–H groups in total. The van der Waals surface area contributed by atoms with Crippen LogP contribution in [0.1, 0.15) is 19.3 Å². The van der Waals surface area contributed by atoms with E-state index in [1.807, 2.05) is 0 Å². The zero-order valence-corrected chi connectivity index (χ0v) is 5.84. The maximum Gasteiger partial charge on any atom is 0.204 e. The largest absolute Gasteiger partial charge is 0.466 e. The van der Waals surface area contributed by atoms with E-state index < -0.39 is 0 Å². The highest BCUT2D eigenvalue weighted by atomic mass is 16.5. The Morgan fingerprint density at radius 1 is 1.70 bits per heavy atom. The van der Waals surface area contributed by atoms with Crippen molar-refractivity contribution in [2.75, 3.05) is 0 Å². The number of hydrogen-bond acceptors (Lipinski definition) is 3. The third kappa shape index (κ3) is 0.914. The standard InChI is InChI=1S/C7H12N2O/c8-7-9-5-3-1-2-4-6(5)10-7/h4-5,7,9H,1-3,8H2. The number of hydrogen-bond donors (Lipinski definition) is 2. The molecule has 56 valence electrons. The third-order valence-electron chi connectivity index (χ3n) is 2.01. The SMILES string of the molecule is NC1NC2CCCC=C2O1. The van der Waals surface area contributed by atoms with Crippen LogP contribution in [0.2, 0.25) is 0 Å². The maximum atomic E-state index is 5.52. The molecule has 2 atom stereocenters. The molecule has 0 bridgehead atoms. The Labute approximate surface area is 60.2 Å². The molecule has 0 aromatic heterocycles. The van der Waals surface area contributed by atoms with Crippen LogP contribution >= 0.6 is 0 Å². The summed E-state index contributed by atoms with van der Waals surface area (Å²) in [5.41, 5.74) is 5.52. The molecular formula is C7H12N2O. The first-order chi connectivity index (χ1) is 4.86. The second kappa shape index (κ2) is 2.25. The van der Waals surface area contributed by atoms with Crippen LogP contribution in [0.4, 0.5) is 0 Å². The summed E-state index contributed by atoms with van der Waals surface area (Å²) in [6.07, 6.45) is 5.42. The smallest absolute Gasteiger partial charge is 0.204 e. The van der Waals surface area contributed by atoms with Crippen molar-refractivity contribution in [2.45, 2.75) is 31.7 Å². The van der Waals surface area contributed by atoms with Crippen molar-refractivity contribution in [1.29, 1.82) is 0 Å². The minimum Gasteiger partial charge on any atom is -0.466 e. The third-order valence-corrected chi connectivity index (χ3v) is 2.01. The van der Waals surface area contributed by atoms with Crippen molar-refractivity contribution < 1.29 is 4.74 Å². The zero-order valence-electron chi connectivity index (χ0n) is 5.84. The lowest BCUT2D eigenvalue weighted by Crippen LogP contribution is -2.36. The number of nitrogens with two attached hydrogens (primary N) is 1. The van der Waals surface area contributed by atoms with E-state index in [1.54, 1.807) is 0 Å². The number of nitrogens with one attached hydrogen (secondary N) is 1. The molecular weight excluding hydrogens is 128 g/mol. The van der Waals surface area contributed by atoms with Gasteiger partial charge in [0.15, 0.2) is 0 Å². The summed E-state index contributed by atoms with van der Waals surface area (Å²) in [5, 5.41) is 3.14. The highest BCUT2D eigenvalue weighted by Gasteiger charge is 2.28. The van der Waals surface area contributed by atoms with Crippen LogP contribution < -0.4 is 11.1 Å². The summed E-state index contributed by atoms with van der Waals surface area (Å²) in [4.78, 5) is 0. The van der Waals surface area contributed by atoms with Gasteiger partial charge in [-0.05, 0) is 25.3 Å². The molecule has 1 aliphatic heterocycles. The highest BCUT2D eigenvalue weighted by Crippen LogP contribution is 2.23. The lowest BCUT2D eigenvalue weighted by molar-refractivity contribution is 0.151. The van der Waals surface area contributed by atoms with Gasteiger partial charge in [0.1, 0.15) is 5.76 Å². The molecule has 0 saturated carbocycles. The molecule has 1 saturated heterocycles. The minimum atomic E-state index is -0.269. The Kier molecular flexibility index (Phi) is 1.39. The molecule has 0 aromatic rings. The Balaban J connectivity index is 2.13. The second-order valence-corrected chi connectivity index (χ2v) is 2.80. The van der Waals surface area contributed by atoms with Gasteiger partial charge in [0, 0.05) is 0 Å². The molecule has 1 fully saturated rings. The fraction of sp³-hybridized carbons (Fsp3) is 0.714. The lowest BCUT2D eigenvalue weighted by Gasteiger charge is -2.12. The normalized spacial score (nSPS) is 38.3. The van der Waals surface area contributed by atoms with Crippen LogP contribution in [0.5, 0.6) is 0 Å². The fourth-order valence-corrected chi connectivity index (χ4v) is 1.53. The molecule has 1 aliphatic carbocycles. The van der Waals surface area contributed by atoms with Crippen LogP contribution in [0, 0.1) is 0 Å². The van der Waals surface area contributed by atoms with Gasteiger partial charge in [0.25, 0.3) is 0 Å².